The Morgan fingerprint density at radius 1 is 1.50 bits per heavy atom. The molecule has 5 heteroatoms. The summed E-state index contributed by atoms with van der Waals surface area (Å²) >= 11 is 6.03. The van der Waals surface area contributed by atoms with Gasteiger partial charge in [-0.05, 0) is 38.5 Å². The summed E-state index contributed by atoms with van der Waals surface area (Å²) in [6, 6.07) is 4.78. The van der Waals surface area contributed by atoms with Gasteiger partial charge in [0, 0.05) is 0 Å². The Morgan fingerprint density at radius 2 is 2.11 bits per heavy atom. The smallest absolute Gasteiger partial charge is 0.306 e. The molecule has 0 saturated carbocycles. The maximum absolute atomic E-state index is 10.7. The van der Waals surface area contributed by atoms with Gasteiger partial charge in [0.15, 0.2) is 0 Å². The van der Waals surface area contributed by atoms with Crippen LogP contribution in [0.1, 0.15) is 32.8 Å². The van der Waals surface area contributed by atoms with Crippen molar-refractivity contribution in [2.45, 2.75) is 38.9 Å². The predicted molar refractivity (Wildman–Crippen MR) is 69.0 cm³/mol. The van der Waals surface area contributed by atoms with E-state index in [1.807, 2.05) is 13.8 Å². The van der Waals surface area contributed by atoms with Crippen LogP contribution < -0.4 is 4.74 Å². The predicted octanol–water partition coefficient (Wildman–Crippen LogP) is 2.81. The zero-order chi connectivity index (χ0) is 13.9. The van der Waals surface area contributed by atoms with Gasteiger partial charge in [-0.2, -0.15) is 0 Å². The summed E-state index contributed by atoms with van der Waals surface area (Å²) in [6.45, 7) is 5.20. The summed E-state index contributed by atoms with van der Waals surface area (Å²) in [4.78, 5) is 10.7. The lowest BCUT2D eigenvalue weighted by Gasteiger charge is -2.22. The van der Waals surface area contributed by atoms with Crippen LogP contribution in [0.25, 0.3) is 0 Å². The number of rotatable bonds is 5. The van der Waals surface area contributed by atoms with Crippen molar-refractivity contribution in [3.05, 3.63) is 28.8 Å². The van der Waals surface area contributed by atoms with Crippen LogP contribution in [0.3, 0.4) is 0 Å². The van der Waals surface area contributed by atoms with Crippen molar-refractivity contribution in [2.75, 3.05) is 0 Å². The topological polar surface area (TPSA) is 66.8 Å². The van der Waals surface area contributed by atoms with Crippen LogP contribution in [0.15, 0.2) is 18.2 Å². The third-order valence-corrected chi connectivity index (χ3v) is 2.71. The second-order valence-electron chi connectivity index (χ2n) is 4.66. The number of ether oxygens (including phenoxy) is 1. The number of halogens is 1. The van der Waals surface area contributed by atoms with E-state index in [0.29, 0.717) is 16.3 Å². The molecule has 0 aromatic heterocycles. The molecule has 1 unspecified atom stereocenters. The maximum Gasteiger partial charge on any atom is 0.306 e. The molecular formula is C13H17ClO4. The number of hydrogen-bond donors (Lipinski definition) is 2. The lowest BCUT2D eigenvalue weighted by atomic mass is 9.92. The molecule has 2 N–H and O–H groups in total. The number of hydrogen-bond acceptors (Lipinski definition) is 3. The van der Waals surface area contributed by atoms with E-state index in [2.05, 4.69) is 0 Å². The fraction of sp³-hybridized carbons (Fsp3) is 0.462. The molecule has 0 saturated heterocycles. The molecule has 1 atom stereocenters. The van der Waals surface area contributed by atoms with E-state index in [9.17, 15) is 9.90 Å². The monoisotopic (exact) mass is 272 g/mol. The molecule has 0 aliphatic rings. The normalized spacial score (nSPS) is 14.3. The van der Waals surface area contributed by atoms with Crippen LogP contribution in [0, 0.1) is 0 Å². The number of carboxylic acid groups (broad SMARTS) is 1. The molecule has 0 amide bonds. The largest absolute Gasteiger partial charge is 0.489 e. The van der Waals surface area contributed by atoms with E-state index >= 15 is 0 Å². The molecule has 1 aromatic rings. The Bertz CT molecular complexity index is 441. The Labute approximate surface area is 111 Å². The summed E-state index contributed by atoms with van der Waals surface area (Å²) in [5, 5.41) is 19.2. The molecule has 0 spiro atoms. The Balaban J connectivity index is 2.99. The lowest BCUT2D eigenvalue weighted by molar-refractivity contribution is -0.142. The Kier molecular flexibility index (Phi) is 4.59. The number of aliphatic hydroxyl groups is 1. The van der Waals surface area contributed by atoms with Crippen molar-refractivity contribution in [1.29, 1.82) is 0 Å². The van der Waals surface area contributed by atoms with Crippen LogP contribution in [-0.2, 0) is 10.4 Å². The highest BCUT2D eigenvalue weighted by molar-refractivity contribution is 6.32. The molecule has 18 heavy (non-hydrogen) atoms. The molecule has 0 radical (unpaired) electrons. The van der Waals surface area contributed by atoms with Crippen molar-refractivity contribution in [3.63, 3.8) is 0 Å². The van der Waals surface area contributed by atoms with Gasteiger partial charge in [-0.3, -0.25) is 4.79 Å². The number of carbonyl (C=O) groups is 1. The zero-order valence-electron chi connectivity index (χ0n) is 10.6. The molecular weight excluding hydrogens is 256 g/mol. The molecule has 0 heterocycles. The third-order valence-electron chi connectivity index (χ3n) is 2.41. The average molecular weight is 273 g/mol. The number of carboxylic acids is 1. The highest BCUT2D eigenvalue weighted by Crippen LogP contribution is 2.32. The van der Waals surface area contributed by atoms with E-state index in [1.54, 1.807) is 12.1 Å². The second-order valence-corrected chi connectivity index (χ2v) is 5.06. The minimum Gasteiger partial charge on any atom is -0.489 e. The summed E-state index contributed by atoms with van der Waals surface area (Å²) in [6.07, 6.45) is -0.388. The first-order valence-electron chi connectivity index (χ1n) is 5.63. The molecule has 4 nitrogen and oxygen atoms in total. The Morgan fingerprint density at radius 3 is 2.56 bits per heavy atom. The molecule has 100 valence electrons. The van der Waals surface area contributed by atoms with E-state index in [0.717, 1.165) is 0 Å². The van der Waals surface area contributed by atoms with Gasteiger partial charge in [0.25, 0.3) is 0 Å². The van der Waals surface area contributed by atoms with Crippen molar-refractivity contribution in [3.8, 4) is 5.75 Å². The SMILES string of the molecule is CC(C)Oc1ccc(C(C)(O)CC(=O)O)cc1Cl. The summed E-state index contributed by atoms with van der Waals surface area (Å²) in [5.74, 6) is -0.555. The van der Waals surface area contributed by atoms with Crippen molar-refractivity contribution < 1.29 is 19.7 Å². The van der Waals surface area contributed by atoms with Gasteiger partial charge in [-0.25, -0.2) is 0 Å². The quantitative estimate of drug-likeness (QED) is 0.865. The first-order chi connectivity index (χ1) is 8.22. The molecule has 0 fully saturated rings. The van der Waals surface area contributed by atoms with Crippen molar-refractivity contribution in [2.24, 2.45) is 0 Å². The van der Waals surface area contributed by atoms with Gasteiger partial charge in [-0.1, -0.05) is 17.7 Å². The van der Waals surface area contributed by atoms with Crippen molar-refractivity contribution in [1.82, 2.24) is 0 Å². The minimum atomic E-state index is -1.45. The van der Waals surface area contributed by atoms with Gasteiger partial charge >= 0.3 is 5.97 Å². The third kappa shape index (κ3) is 3.89. The fourth-order valence-corrected chi connectivity index (χ4v) is 1.81. The first-order valence-corrected chi connectivity index (χ1v) is 6.01. The standard InChI is InChI=1S/C13H17ClO4/c1-8(2)18-11-5-4-9(6-10(11)14)13(3,17)7-12(15)16/h4-6,8,17H,7H2,1-3H3,(H,15,16). The maximum atomic E-state index is 10.7. The molecule has 0 aliphatic heterocycles. The van der Waals surface area contributed by atoms with Crippen LogP contribution in [-0.4, -0.2) is 22.3 Å². The van der Waals surface area contributed by atoms with E-state index in [1.165, 1.54) is 13.0 Å². The van der Waals surface area contributed by atoms with Gasteiger partial charge in [0.2, 0.25) is 0 Å². The molecule has 0 bridgehead atoms. The van der Waals surface area contributed by atoms with Crippen LogP contribution in [0.2, 0.25) is 5.02 Å². The zero-order valence-corrected chi connectivity index (χ0v) is 11.4. The van der Waals surface area contributed by atoms with Crippen LogP contribution in [0.4, 0.5) is 0 Å². The van der Waals surface area contributed by atoms with E-state index < -0.39 is 11.6 Å². The highest BCUT2D eigenvalue weighted by atomic mass is 35.5. The minimum absolute atomic E-state index is 0.00659. The number of aliphatic carboxylic acids is 1. The van der Waals surface area contributed by atoms with Gasteiger partial charge in [0.1, 0.15) is 5.75 Å². The molecule has 1 aromatic carbocycles. The highest BCUT2D eigenvalue weighted by Gasteiger charge is 2.27. The fourth-order valence-electron chi connectivity index (χ4n) is 1.58. The van der Waals surface area contributed by atoms with Crippen LogP contribution >= 0.6 is 11.6 Å². The van der Waals surface area contributed by atoms with Crippen molar-refractivity contribution >= 4 is 17.6 Å². The van der Waals surface area contributed by atoms with E-state index in [-0.39, 0.29) is 12.5 Å². The van der Waals surface area contributed by atoms with Crippen LogP contribution in [0.5, 0.6) is 5.75 Å². The summed E-state index contributed by atoms with van der Waals surface area (Å²) < 4.78 is 5.46. The van der Waals surface area contributed by atoms with E-state index in [4.69, 9.17) is 21.4 Å². The van der Waals surface area contributed by atoms with Gasteiger partial charge in [0.05, 0.1) is 23.1 Å². The van der Waals surface area contributed by atoms with Gasteiger partial charge < -0.3 is 14.9 Å². The lowest BCUT2D eigenvalue weighted by Crippen LogP contribution is -2.25. The Hall–Kier alpha value is -1.26. The summed E-state index contributed by atoms with van der Waals surface area (Å²) in [5.41, 5.74) is -1.00. The average Bonchev–Trinajstić information content (AvgIpc) is 2.18. The first kappa shape index (κ1) is 14.8. The molecule has 1 rings (SSSR count). The second kappa shape index (κ2) is 5.59. The molecule has 0 aliphatic carbocycles. The number of benzene rings is 1. The summed E-state index contributed by atoms with van der Waals surface area (Å²) in [7, 11) is 0. The van der Waals surface area contributed by atoms with Gasteiger partial charge in [-0.15, -0.1) is 0 Å².